The molecule has 0 saturated carbocycles. The van der Waals surface area contributed by atoms with Gasteiger partial charge in [0.1, 0.15) is 12.1 Å². The Morgan fingerprint density at radius 3 is 2.74 bits per heavy atom. The molecule has 6 nitrogen and oxygen atoms in total. The first kappa shape index (κ1) is 18.9. The van der Waals surface area contributed by atoms with E-state index in [1.54, 1.807) is 59.0 Å². The molecule has 1 atom stereocenters. The number of halogens is 1. The fraction of sp³-hybridized carbons (Fsp3) is 0.400. The number of carbonyl (C=O) groups excluding carboxylic acids is 2. The summed E-state index contributed by atoms with van der Waals surface area (Å²) in [6.45, 7) is 8.26. The number of carbonyl (C=O) groups is 2. The average molecular weight is 371 g/mol. The lowest BCUT2D eigenvalue weighted by atomic mass is 9.98. The Balaban J connectivity index is 2.17. The third-order valence-corrected chi connectivity index (χ3v) is 4.24. The Morgan fingerprint density at radius 1 is 1.37 bits per heavy atom. The van der Waals surface area contributed by atoms with Crippen molar-refractivity contribution in [2.45, 2.75) is 46.1 Å². The summed E-state index contributed by atoms with van der Waals surface area (Å²) < 4.78 is 20.2. The molecule has 27 heavy (non-hydrogen) atoms. The number of nitrogens with zero attached hydrogens (tertiary/aromatic N) is 3. The van der Waals surface area contributed by atoms with Gasteiger partial charge in [-0.3, -0.25) is 19.5 Å². The summed E-state index contributed by atoms with van der Waals surface area (Å²) in [4.78, 5) is 35.0. The highest BCUT2D eigenvalue weighted by Gasteiger charge is 2.36. The molecule has 0 fully saturated rings. The second kappa shape index (κ2) is 6.72. The number of ether oxygens (including phenoxy) is 1. The van der Waals surface area contributed by atoms with Crippen LogP contribution in [0.1, 0.15) is 45.0 Å². The van der Waals surface area contributed by atoms with Crippen LogP contribution in [0.3, 0.4) is 0 Å². The van der Waals surface area contributed by atoms with Crippen molar-refractivity contribution in [3.63, 3.8) is 0 Å². The molecule has 0 bridgehead atoms. The first-order chi connectivity index (χ1) is 12.6. The van der Waals surface area contributed by atoms with Crippen LogP contribution >= 0.6 is 0 Å². The van der Waals surface area contributed by atoms with Crippen molar-refractivity contribution in [2.75, 3.05) is 11.4 Å². The van der Waals surface area contributed by atoms with Crippen molar-refractivity contribution in [3.8, 4) is 11.1 Å². The normalized spacial score (nSPS) is 16.4. The number of esters is 1. The quantitative estimate of drug-likeness (QED) is 0.598. The zero-order chi connectivity index (χ0) is 19.9. The van der Waals surface area contributed by atoms with E-state index in [0.717, 1.165) is 0 Å². The van der Waals surface area contributed by atoms with Crippen LogP contribution in [0, 0.1) is 12.9 Å². The lowest BCUT2D eigenvalue weighted by Gasteiger charge is -2.26. The Hall–Kier alpha value is -2.83. The Bertz CT molecular complexity index is 921. The highest BCUT2D eigenvalue weighted by atomic mass is 19.1. The molecular formula is C20H22FN3O3. The van der Waals surface area contributed by atoms with Gasteiger partial charge in [0.25, 0.3) is 0 Å². The van der Waals surface area contributed by atoms with Gasteiger partial charge in [0, 0.05) is 17.5 Å². The standard InChI is InChI=1S/C20H22FN3O3/c1-11-9-14-16(18(21)23-11)13-7-6-8-22-17(13)12(2)19(26)24(14)10-15(25)27-20(3,4)5/h6-9,12H,10H2,1-5H3. The molecule has 1 unspecified atom stereocenters. The lowest BCUT2D eigenvalue weighted by molar-refractivity contribution is -0.153. The second-order valence-corrected chi connectivity index (χ2v) is 7.62. The van der Waals surface area contributed by atoms with Crippen molar-refractivity contribution in [1.29, 1.82) is 0 Å². The number of pyridine rings is 2. The van der Waals surface area contributed by atoms with Gasteiger partial charge in [0.05, 0.1) is 22.9 Å². The highest BCUT2D eigenvalue weighted by molar-refractivity contribution is 6.07. The Morgan fingerprint density at radius 2 is 2.07 bits per heavy atom. The number of amides is 1. The number of aromatic nitrogens is 2. The van der Waals surface area contributed by atoms with E-state index in [9.17, 15) is 14.0 Å². The number of rotatable bonds is 2. The van der Waals surface area contributed by atoms with E-state index in [2.05, 4.69) is 9.97 Å². The van der Waals surface area contributed by atoms with E-state index >= 15 is 0 Å². The molecule has 3 heterocycles. The van der Waals surface area contributed by atoms with E-state index in [-0.39, 0.29) is 18.0 Å². The van der Waals surface area contributed by atoms with Crippen LogP contribution in [-0.2, 0) is 14.3 Å². The van der Waals surface area contributed by atoms with E-state index in [1.807, 2.05) is 0 Å². The maximum Gasteiger partial charge on any atom is 0.326 e. The maximum atomic E-state index is 14.8. The minimum absolute atomic E-state index is 0.171. The van der Waals surface area contributed by atoms with Gasteiger partial charge >= 0.3 is 5.97 Å². The van der Waals surface area contributed by atoms with E-state index in [0.29, 0.717) is 22.6 Å². The maximum absolute atomic E-state index is 14.8. The molecule has 1 amide bonds. The molecule has 7 heteroatoms. The molecule has 2 aromatic rings. The summed E-state index contributed by atoms with van der Waals surface area (Å²) in [6.07, 6.45) is 1.56. The van der Waals surface area contributed by atoms with Gasteiger partial charge in [-0.1, -0.05) is 6.07 Å². The van der Waals surface area contributed by atoms with Crippen molar-refractivity contribution < 1.29 is 18.7 Å². The van der Waals surface area contributed by atoms with E-state index < -0.39 is 23.4 Å². The molecule has 0 saturated heterocycles. The summed E-state index contributed by atoms with van der Waals surface area (Å²) >= 11 is 0. The first-order valence-corrected chi connectivity index (χ1v) is 8.74. The average Bonchev–Trinajstić information content (AvgIpc) is 2.63. The van der Waals surface area contributed by atoms with Crippen LogP contribution < -0.4 is 4.90 Å². The molecule has 142 valence electrons. The second-order valence-electron chi connectivity index (χ2n) is 7.62. The summed E-state index contributed by atoms with van der Waals surface area (Å²) in [6, 6.07) is 5.00. The summed E-state index contributed by atoms with van der Waals surface area (Å²) in [5.74, 6) is -2.25. The van der Waals surface area contributed by atoms with Crippen molar-refractivity contribution >= 4 is 17.6 Å². The summed E-state index contributed by atoms with van der Waals surface area (Å²) in [5, 5.41) is 0. The fourth-order valence-corrected chi connectivity index (χ4v) is 3.19. The Labute approximate surface area is 157 Å². The van der Waals surface area contributed by atoms with Crippen LogP contribution in [0.25, 0.3) is 11.1 Å². The molecule has 0 N–H and O–H groups in total. The first-order valence-electron chi connectivity index (χ1n) is 8.74. The number of hydrogen-bond acceptors (Lipinski definition) is 5. The van der Waals surface area contributed by atoms with Gasteiger partial charge in [-0.05, 0) is 46.8 Å². The van der Waals surface area contributed by atoms with Crippen LogP contribution in [0.5, 0.6) is 0 Å². The third-order valence-electron chi connectivity index (χ3n) is 4.24. The SMILES string of the molecule is Cc1cc2c(c(F)n1)-c1cccnc1C(C)C(=O)N2CC(=O)OC(C)(C)C. The molecule has 0 aliphatic carbocycles. The van der Waals surface area contributed by atoms with Gasteiger partial charge < -0.3 is 4.74 Å². The van der Waals surface area contributed by atoms with Gasteiger partial charge in [-0.2, -0.15) is 4.39 Å². The molecule has 2 aromatic heterocycles. The van der Waals surface area contributed by atoms with E-state index in [1.165, 1.54) is 4.90 Å². The minimum atomic E-state index is -0.699. The van der Waals surface area contributed by atoms with Crippen LogP contribution in [0.2, 0.25) is 0 Å². The molecular weight excluding hydrogens is 349 g/mol. The van der Waals surface area contributed by atoms with E-state index in [4.69, 9.17) is 4.74 Å². The molecule has 0 radical (unpaired) electrons. The fourth-order valence-electron chi connectivity index (χ4n) is 3.19. The Kier molecular flexibility index (Phi) is 4.71. The minimum Gasteiger partial charge on any atom is -0.459 e. The van der Waals surface area contributed by atoms with Gasteiger partial charge in [-0.15, -0.1) is 0 Å². The summed E-state index contributed by atoms with van der Waals surface area (Å²) in [7, 11) is 0. The van der Waals surface area contributed by atoms with Crippen LogP contribution in [0.15, 0.2) is 24.4 Å². The number of hydrogen-bond donors (Lipinski definition) is 0. The predicted molar refractivity (Wildman–Crippen MR) is 98.8 cm³/mol. The summed E-state index contributed by atoms with van der Waals surface area (Å²) in [5.41, 5.74) is 1.15. The third kappa shape index (κ3) is 3.67. The number of fused-ring (bicyclic) bond motifs is 3. The predicted octanol–water partition coefficient (Wildman–Crippen LogP) is 3.38. The zero-order valence-corrected chi connectivity index (χ0v) is 16.0. The molecule has 0 spiro atoms. The molecule has 1 aliphatic rings. The van der Waals surface area contributed by atoms with Gasteiger partial charge in [0.15, 0.2) is 0 Å². The molecule has 0 aromatic carbocycles. The zero-order valence-electron chi connectivity index (χ0n) is 16.0. The monoisotopic (exact) mass is 371 g/mol. The van der Waals surface area contributed by atoms with Crippen LogP contribution in [-0.4, -0.2) is 34.0 Å². The molecule has 3 rings (SSSR count). The number of aryl methyl sites for hydroxylation is 1. The topological polar surface area (TPSA) is 72.4 Å². The number of anilines is 1. The lowest BCUT2D eigenvalue weighted by Crippen LogP contribution is -2.40. The molecule has 1 aliphatic heterocycles. The highest BCUT2D eigenvalue weighted by Crippen LogP contribution is 2.41. The van der Waals surface area contributed by atoms with Crippen molar-refractivity contribution in [3.05, 3.63) is 41.7 Å². The van der Waals surface area contributed by atoms with Crippen LogP contribution in [0.4, 0.5) is 10.1 Å². The largest absolute Gasteiger partial charge is 0.459 e. The smallest absolute Gasteiger partial charge is 0.326 e. The van der Waals surface area contributed by atoms with Crippen molar-refractivity contribution in [2.24, 2.45) is 0 Å². The van der Waals surface area contributed by atoms with Crippen molar-refractivity contribution in [1.82, 2.24) is 9.97 Å². The van der Waals surface area contributed by atoms with Gasteiger partial charge in [0.2, 0.25) is 11.9 Å². The van der Waals surface area contributed by atoms with Gasteiger partial charge in [-0.25, -0.2) is 4.98 Å².